The molecule has 0 aromatic heterocycles. The van der Waals surface area contributed by atoms with Gasteiger partial charge in [0.15, 0.2) is 5.78 Å². The van der Waals surface area contributed by atoms with Gasteiger partial charge in [-0.15, -0.1) is 0 Å². The number of aliphatic hydroxyl groups excluding tert-OH is 1. The number of carbonyl (C=O) groups is 1. The second-order valence-corrected chi connectivity index (χ2v) is 3.72. The maximum atomic E-state index is 10.7. The maximum absolute atomic E-state index is 10.7. The van der Waals surface area contributed by atoms with Gasteiger partial charge in [-0.05, 0) is 19.9 Å². The summed E-state index contributed by atoms with van der Waals surface area (Å²) in [7, 11) is 0. The maximum Gasteiger partial charge on any atom is 0.154 e. The average molecular weight is 242 g/mol. The second-order valence-electron chi connectivity index (χ2n) is 3.72. The molecule has 0 bridgehead atoms. The summed E-state index contributed by atoms with van der Waals surface area (Å²) in [5.74, 6) is 0.0277. The van der Waals surface area contributed by atoms with Crippen LogP contribution in [0.1, 0.15) is 13.8 Å². The van der Waals surface area contributed by atoms with Crippen molar-refractivity contribution in [3.05, 3.63) is 24.6 Å². The Hall–Kier alpha value is -1.33. The molecule has 17 heavy (non-hydrogen) atoms. The number of hydrogen-bond donors (Lipinski definition) is 3. The zero-order valence-corrected chi connectivity index (χ0v) is 10.5. The largest absolute Gasteiger partial charge is 0.499 e. The van der Waals surface area contributed by atoms with Crippen LogP contribution in [-0.4, -0.2) is 43.2 Å². The molecule has 98 valence electrons. The summed E-state index contributed by atoms with van der Waals surface area (Å²) >= 11 is 0. The van der Waals surface area contributed by atoms with Crippen molar-refractivity contribution < 1.29 is 14.6 Å². The highest BCUT2D eigenvalue weighted by Crippen LogP contribution is 1.86. The second kappa shape index (κ2) is 9.86. The number of rotatable bonds is 10. The lowest BCUT2D eigenvalue weighted by Gasteiger charge is -2.12. The molecule has 0 radical (unpaired) electrons. The number of ether oxygens (including phenoxy) is 1. The van der Waals surface area contributed by atoms with Gasteiger partial charge in [-0.3, -0.25) is 4.79 Å². The predicted octanol–water partition coefficient (Wildman–Crippen LogP) is 0.179. The van der Waals surface area contributed by atoms with E-state index in [0.29, 0.717) is 19.6 Å². The molecular formula is C12H22N2O3. The summed E-state index contributed by atoms with van der Waals surface area (Å²) in [5, 5.41) is 15.5. The molecule has 0 rings (SSSR count). The number of hydrogen-bond acceptors (Lipinski definition) is 5. The van der Waals surface area contributed by atoms with Crippen molar-refractivity contribution in [3.63, 3.8) is 0 Å². The number of allylic oxidation sites excluding steroid dienone is 2. The SMILES string of the molecule is C=COCC(O)CNCCN/C(C)=C/C(C)=O. The summed E-state index contributed by atoms with van der Waals surface area (Å²) in [6.07, 6.45) is 2.31. The van der Waals surface area contributed by atoms with Gasteiger partial charge in [-0.1, -0.05) is 6.58 Å². The molecule has 0 saturated heterocycles. The van der Waals surface area contributed by atoms with Crippen molar-refractivity contribution in [2.75, 3.05) is 26.2 Å². The number of nitrogens with one attached hydrogen (secondary N) is 2. The normalized spacial score (nSPS) is 13.0. The molecule has 0 saturated carbocycles. The third-order valence-corrected chi connectivity index (χ3v) is 1.91. The Morgan fingerprint density at radius 2 is 2.18 bits per heavy atom. The van der Waals surface area contributed by atoms with Crippen LogP contribution in [0, 0.1) is 0 Å². The average Bonchev–Trinajstić information content (AvgIpc) is 2.24. The summed E-state index contributed by atoms with van der Waals surface area (Å²) in [5.41, 5.74) is 0.842. The Bertz CT molecular complexity index is 264. The van der Waals surface area contributed by atoms with Gasteiger partial charge in [-0.2, -0.15) is 0 Å². The summed E-state index contributed by atoms with van der Waals surface area (Å²) < 4.78 is 4.85. The van der Waals surface area contributed by atoms with Gasteiger partial charge >= 0.3 is 0 Å². The third kappa shape index (κ3) is 10.9. The van der Waals surface area contributed by atoms with Crippen LogP contribution < -0.4 is 10.6 Å². The van der Waals surface area contributed by atoms with Crippen molar-refractivity contribution in [2.45, 2.75) is 20.0 Å². The monoisotopic (exact) mass is 242 g/mol. The van der Waals surface area contributed by atoms with E-state index in [1.165, 1.54) is 13.2 Å². The van der Waals surface area contributed by atoms with Gasteiger partial charge in [0.05, 0.1) is 6.26 Å². The molecule has 0 fully saturated rings. The first-order valence-electron chi connectivity index (χ1n) is 5.60. The standard InChI is InChI=1S/C12H22N2O3/c1-4-17-9-12(16)8-13-5-6-14-10(2)7-11(3)15/h4,7,12-14,16H,1,5-6,8-9H2,2-3H3/b10-7+. The lowest BCUT2D eigenvalue weighted by atomic mass is 10.3. The van der Waals surface area contributed by atoms with Crippen LogP contribution in [0.25, 0.3) is 0 Å². The fourth-order valence-electron chi connectivity index (χ4n) is 1.21. The molecule has 1 atom stereocenters. The molecule has 5 heteroatoms. The van der Waals surface area contributed by atoms with Crippen molar-refractivity contribution in [1.29, 1.82) is 0 Å². The Labute approximate surface area is 103 Å². The minimum absolute atomic E-state index is 0.0277. The molecule has 1 unspecified atom stereocenters. The van der Waals surface area contributed by atoms with E-state index in [0.717, 1.165) is 5.70 Å². The van der Waals surface area contributed by atoms with Crippen molar-refractivity contribution in [1.82, 2.24) is 10.6 Å². The lowest BCUT2D eigenvalue weighted by Crippen LogP contribution is -2.34. The van der Waals surface area contributed by atoms with Crippen molar-refractivity contribution >= 4 is 5.78 Å². The minimum Gasteiger partial charge on any atom is -0.499 e. The zero-order valence-electron chi connectivity index (χ0n) is 10.5. The van der Waals surface area contributed by atoms with Gasteiger partial charge in [0.25, 0.3) is 0 Å². The van der Waals surface area contributed by atoms with Gasteiger partial charge < -0.3 is 20.5 Å². The Morgan fingerprint density at radius 1 is 1.47 bits per heavy atom. The van der Waals surface area contributed by atoms with E-state index in [-0.39, 0.29) is 12.4 Å². The molecule has 0 heterocycles. The topological polar surface area (TPSA) is 70.6 Å². The molecule has 0 spiro atoms. The number of carbonyl (C=O) groups excluding carboxylic acids is 1. The first kappa shape index (κ1) is 15.7. The molecule has 0 aliphatic rings. The molecule has 0 aromatic carbocycles. The van der Waals surface area contributed by atoms with E-state index in [4.69, 9.17) is 4.74 Å². The quantitative estimate of drug-likeness (QED) is 0.290. The molecule has 5 nitrogen and oxygen atoms in total. The third-order valence-electron chi connectivity index (χ3n) is 1.91. The fourth-order valence-corrected chi connectivity index (χ4v) is 1.21. The summed E-state index contributed by atoms with van der Waals surface area (Å²) in [4.78, 5) is 10.7. The summed E-state index contributed by atoms with van der Waals surface area (Å²) in [6, 6.07) is 0. The molecule has 0 amide bonds. The predicted molar refractivity (Wildman–Crippen MR) is 67.5 cm³/mol. The highest BCUT2D eigenvalue weighted by molar-refractivity contribution is 5.87. The smallest absolute Gasteiger partial charge is 0.154 e. The van der Waals surface area contributed by atoms with Crippen LogP contribution in [0.5, 0.6) is 0 Å². The van der Waals surface area contributed by atoms with E-state index in [2.05, 4.69) is 17.2 Å². The molecule has 0 aliphatic heterocycles. The Kier molecular flexibility index (Phi) is 9.09. The molecule has 0 aliphatic carbocycles. The summed E-state index contributed by atoms with van der Waals surface area (Å²) in [6.45, 7) is 8.85. The Morgan fingerprint density at radius 3 is 2.76 bits per heavy atom. The van der Waals surface area contributed by atoms with E-state index >= 15 is 0 Å². The fraction of sp³-hybridized carbons (Fsp3) is 0.583. The van der Waals surface area contributed by atoms with Gasteiger partial charge in [0.2, 0.25) is 0 Å². The van der Waals surface area contributed by atoms with Crippen LogP contribution >= 0.6 is 0 Å². The van der Waals surface area contributed by atoms with Gasteiger partial charge in [0.1, 0.15) is 12.7 Å². The van der Waals surface area contributed by atoms with E-state index in [1.54, 1.807) is 6.08 Å². The van der Waals surface area contributed by atoms with Crippen LogP contribution in [0.4, 0.5) is 0 Å². The van der Waals surface area contributed by atoms with E-state index in [9.17, 15) is 9.90 Å². The first-order chi connectivity index (χ1) is 8.06. The number of aliphatic hydroxyl groups is 1. The number of ketones is 1. The van der Waals surface area contributed by atoms with Gasteiger partial charge in [0, 0.05) is 25.3 Å². The molecule has 3 N–H and O–H groups in total. The highest BCUT2D eigenvalue weighted by atomic mass is 16.5. The van der Waals surface area contributed by atoms with Crippen LogP contribution in [0.3, 0.4) is 0 Å². The van der Waals surface area contributed by atoms with Crippen molar-refractivity contribution in [3.8, 4) is 0 Å². The van der Waals surface area contributed by atoms with Crippen LogP contribution in [0.2, 0.25) is 0 Å². The van der Waals surface area contributed by atoms with Gasteiger partial charge in [-0.25, -0.2) is 0 Å². The Balaban J connectivity index is 3.46. The van der Waals surface area contributed by atoms with E-state index < -0.39 is 6.10 Å². The molecular weight excluding hydrogens is 220 g/mol. The zero-order chi connectivity index (χ0) is 13.1. The lowest BCUT2D eigenvalue weighted by molar-refractivity contribution is -0.112. The van der Waals surface area contributed by atoms with Crippen molar-refractivity contribution in [2.24, 2.45) is 0 Å². The van der Waals surface area contributed by atoms with Crippen LogP contribution in [0.15, 0.2) is 24.6 Å². The highest BCUT2D eigenvalue weighted by Gasteiger charge is 2.01. The minimum atomic E-state index is -0.540. The van der Waals surface area contributed by atoms with E-state index in [1.807, 2.05) is 6.92 Å². The van der Waals surface area contributed by atoms with Crippen LogP contribution in [-0.2, 0) is 9.53 Å². The molecule has 0 aromatic rings. The first-order valence-corrected chi connectivity index (χ1v) is 5.60.